The minimum atomic E-state index is -0.563. The Morgan fingerprint density at radius 2 is 1.90 bits per heavy atom. The van der Waals surface area contributed by atoms with Gasteiger partial charge in [-0.15, -0.1) is 0 Å². The number of rotatable bonds is 2. The molecule has 0 aliphatic heterocycles. The summed E-state index contributed by atoms with van der Waals surface area (Å²) >= 11 is 0. The zero-order valence-electron chi connectivity index (χ0n) is 10.4. The van der Waals surface area contributed by atoms with Gasteiger partial charge in [0, 0.05) is 22.7 Å². The number of hydroxylamine groups is 1. The fourth-order valence-electron chi connectivity index (χ4n) is 1.96. The predicted molar refractivity (Wildman–Crippen MR) is 74.2 cm³/mol. The fraction of sp³-hybridized carbons (Fsp3) is 0. The Morgan fingerprint density at radius 1 is 1.10 bits per heavy atom. The van der Waals surface area contributed by atoms with E-state index in [0.29, 0.717) is 16.9 Å². The molecular formula is C15H11N3O2. The number of hydrogen-bond acceptors (Lipinski definition) is 4. The van der Waals surface area contributed by atoms with Crippen molar-refractivity contribution >= 4 is 16.8 Å². The van der Waals surface area contributed by atoms with E-state index in [4.69, 9.17) is 5.21 Å². The maximum Gasteiger partial charge on any atom is 0.274 e. The fourth-order valence-corrected chi connectivity index (χ4v) is 1.96. The van der Waals surface area contributed by atoms with E-state index in [1.54, 1.807) is 29.9 Å². The molecule has 0 spiro atoms. The van der Waals surface area contributed by atoms with Crippen molar-refractivity contribution in [3.63, 3.8) is 0 Å². The highest BCUT2D eigenvalue weighted by atomic mass is 16.5. The second-order valence-electron chi connectivity index (χ2n) is 4.27. The monoisotopic (exact) mass is 265 g/mol. The molecule has 1 amide bonds. The van der Waals surface area contributed by atoms with E-state index >= 15 is 0 Å². The highest BCUT2D eigenvalue weighted by molar-refractivity contribution is 5.97. The van der Waals surface area contributed by atoms with Gasteiger partial charge in [-0.1, -0.05) is 36.4 Å². The van der Waals surface area contributed by atoms with E-state index < -0.39 is 5.91 Å². The Labute approximate surface area is 114 Å². The van der Waals surface area contributed by atoms with Gasteiger partial charge in [-0.05, 0) is 12.1 Å². The Balaban J connectivity index is 2.12. The molecule has 3 aromatic rings. The summed E-state index contributed by atoms with van der Waals surface area (Å²) < 4.78 is 0. The summed E-state index contributed by atoms with van der Waals surface area (Å²) in [7, 11) is 0. The van der Waals surface area contributed by atoms with Crippen LogP contribution < -0.4 is 5.48 Å². The van der Waals surface area contributed by atoms with Crippen LogP contribution in [0.3, 0.4) is 0 Å². The van der Waals surface area contributed by atoms with Gasteiger partial charge in [0.05, 0.1) is 5.52 Å². The predicted octanol–water partition coefficient (Wildman–Crippen LogP) is 2.42. The molecule has 0 aliphatic carbocycles. The van der Waals surface area contributed by atoms with E-state index in [-0.39, 0.29) is 0 Å². The van der Waals surface area contributed by atoms with Crippen LogP contribution in [0.4, 0.5) is 0 Å². The number of carbonyl (C=O) groups is 1. The largest absolute Gasteiger partial charge is 0.288 e. The second-order valence-corrected chi connectivity index (χ2v) is 4.27. The number of aromatic nitrogens is 2. The van der Waals surface area contributed by atoms with Crippen LogP contribution in [0.2, 0.25) is 0 Å². The number of carbonyl (C=O) groups excluding carboxylic acids is 1. The SMILES string of the molecule is O=C(NO)c1ccc2cnc(-c3ccccc3)nc2c1. The van der Waals surface area contributed by atoms with Gasteiger partial charge in [0.25, 0.3) is 5.91 Å². The second kappa shape index (κ2) is 5.07. The highest BCUT2D eigenvalue weighted by Crippen LogP contribution is 2.19. The molecule has 2 N–H and O–H groups in total. The summed E-state index contributed by atoms with van der Waals surface area (Å²) in [4.78, 5) is 20.2. The minimum Gasteiger partial charge on any atom is -0.288 e. The van der Waals surface area contributed by atoms with Crippen molar-refractivity contribution in [1.82, 2.24) is 15.4 Å². The van der Waals surface area contributed by atoms with Crippen LogP contribution >= 0.6 is 0 Å². The van der Waals surface area contributed by atoms with E-state index in [1.807, 2.05) is 30.3 Å². The van der Waals surface area contributed by atoms with E-state index in [9.17, 15) is 4.79 Å². The summed E-state index contributed by atoms with van der Waals surface area (Å²) in [5, 5.41) is 9.49. The molecule has 5 heteroatoms. The third-order valence-corrected chi connectivity index (χ3v) is 2.98. The van der Waals surface area contributed by atoms with Gasteiger partial charge in [0.15, 0.2) is 5.82 Å². The molecule has 0 unspecified atom stereocenters. The molecular weight excluding hydrogens is 254 g/mol. The Bertz CT molecular complexity index is 772. The number of nitrogens with zero attached hydrogens (tertiary/aromatic N) is 2. The van der Waals surface area contributed by atoms with Crippen LogP contribution in [0.25, 0.3) is 22.3 Å². The first-order valence-corrected chi connectivity index (χ1v) is 6.04. The Morgan fingerprint density at radius 3 is 2.65 bits per heavy atom. The lowest BCUT2D eigenvalue weighted by molar-refractivity contribution is 0.0706. The maximum atomic E-state index is 11.4. The van der Waals surface area contributed by atoms with Gasteiger partial charge in [0.1, 0.15) is 0 Å². The number of amides is 1. The van der Waals surface area contributed by atoms with Crippen molar-refractivity contribution < 1.29 is 10.0 Å². The molecule has 20 heavy (non-hydrogen) atoms. The van der Waals surface area contributed by atoms with Crippen LogP contribution in [-0.4, -0.2) is 21.1 Å². The Kier molecular flexibility index (Phi) is 3.10. The lowest BCUT2D eigenvalue weighted by Gasteiger charge is -2.04. The molecule has 0 aliphatic rings. The van der Waals surface area contributed by atoms with Crippen LogP contribution in [0.15, 0.2) is 54.7 Å². The first-order chi connectivity index (χ1) is 9.78. The first kappa shape index (κ1) is 12.3. The van der Waals surface area contributed by atoms with Crippen molar-refractivity contribution in [2.75, 3.05) is 0 Å². The average Bonchev–Trinajstić information content (AvgIpc) is 2.54. The van der Waals surface area contributed by atoms with Crippen molar-refractivity contribution in [3.8, 4) is 11.4 Å². The molecule has 0 fully saturated rings. The quantitative estimate of drug-likeness (QED) is 0.551. The average molecular weight is 265 g/mol. The normalized spacial score (nSPS) is 10.4. The zero-order valence-corrected chi connectivity index (χ0v) is 10.4. The van der Waals surface area contributed by atoms with E-state index in [1.165, 1.54) is 0 Å². The molecule has 5 nitrogen and oxygen atoms in total. The molecule has 2 aromatic carbocycles. The molecule has 0 bridgehead atoms. The van der Waals surface area contributed by atoms with Crippen LogP contribution in [0.1, 0.15) is 10.4 Å². The highest BCUT2D eigenvalue weighted by Gasteiger charge is 2.07. The standard InChI is InChI=1S/C15H11N3O2/c19-15(18-20)11-6-7-12-9-16-14(17-13(12)8-11)10-4-2-1-3-5-10/h1-9,20H,(H,18,19). The third-order valence-electron chi connectivity index (χ3n) is 2.98. The Hall–Kier alpha value is -2.79. The summed E-state index contributed by atoms with van der Waals surface area (Å²) in [6.07, 6.45) is 1.71. The summed E-state index contributed by atoms with van der Waals surface area (Å²) in [5.74, 6) is 0.0337. The topological polar surface area (TPSA) is 75.1 Å². The first-order valence-electron chi connectivity index (χ1n) is 6.04. The van der Waals surface area contributed by atoms with Crippen LogP contribution in [0.5, 0.6) is 0 Å². The molecule has 0 saturated carbocycles. The van der Waals surface area contributed by atoms with E-state index in [2.05, 4.69) is 9.97 Å². The van der Waals surface area contributed by atoms with Gasteiger partial charge in [-0.2, -0.15) is 0 Å². The summed E-state index contributed by atoms with van der Waals surface area (Å²) in [6, 6.07) is 14.6. The molecule has 3 rings (SSSR count). The number of fused-ring (bicyclic) bond motifs is 1. The molecule has 1 aromatic heterocycles. The van der Waals surface area contributed by atoms with Gasteiger partial charge in [0.2, 0.25) is 0 Å². The van der Waals surface area contributed by atoms with Crippen molar-refractivity contribution in [3.05, 3.63) is 60.3 Å². The van der Waals surface area contributed by atoms with Crippen LogP contribution in [0, 0.1) is 0 Å². The number of benzene rings is 2. The third kappa shape index (κ3) is 2.22. The molecule has 0 saturated heterocycles. The molecule has 0 radical (unpaired) electrons. The lowest BCUT2D eigenvalue weighted by atomic mass is 10.1. The van der Waals surface area contributed by atoms with Crippen molar-refractivity contribution in [2.45, 2.75) is 0 Å². The smallest absolute Gasteiger partial charge is 0.274 e. The van der Waals surface area contributed by atoms with Gasteiger partial charge in [-0.25, -0.2) is 15.4 Å². The van der Waals surface area contributed by atoms with E-state index in [0.717, 1.165) is 10.9 Å². The zero-order chi connectivity index (χ0) is 13.9. The van der Waals surface area contributed by atoms with Gasteiger partial charge in [-0.3, -0.25) is 10.0 Å². The lowest BCUT2D eigenvalue weighted by Crippen LogP contribution is -2.18. The minimum absolute atomic E-state index is 0.345. The number of nitrogens with one attached hydrogen (secondary N) is 1. The van der Waals surface area contributed by atoms with Crippen molar-refractivity contribution in [1.29, 1.82) is 0 Å². The molecule has 0 atom stereocenters. The molecule has 98 valence electrons. The maximum absolute atomic E-state index is 11.4. The number of hydrogen-bond donors (Lipinski definition) is 2. The summed E-state index contributed by atoms with van der Waals surface area (Å²) in [6.45, 7) is 0. The van der Waals surface area contributed by atoms with Gasteiger partial charge < -0.3 is 0 Å². The van der Waals surface area contributed by atoms with Crippen molar-refractivity contribution in [2.24, 2.45) is 0 Å². The summed E-state index contributed by atoms with van der Waals surface area (Å²) in [5.41, 5.74) is 3.52. The van der Waals surface area contributed by atoms with Crippen LogP contribution in [-0.2, 0) is 0 Å². The van der Waals surface area contributed by atoms with Gasteiger partial charge >= 0.3 is 0 Å². The molecule has 1 heterocycles.